The van der Waals surface area contributed by atoms with Gasteiger partial charge in [0, 0.05) is 0 Å². The minimum atomic E-state index is -0.835. The van der Waals surface area contributed by atoms with Crippen LogP contribution in [0.5, 0.6) is 5.75 Å². The highest BCUT2D eigenvalue weighted by molar-refractivity contribution is 6.12. The SMILES string of the molecule is CCOc1ccc(CC(=O)Nc2oc(C)c(C(C)=O)c2C(N)=O)cc1. The molecule has 2 rings (SSSR count). The van der Waals surface area contributed by atoms with E-state index in [4.69, 9.17) is 14.9 Å². The number of primary amides is 1. The highest BCUT2D eigenvalue weighted by Crippen LogP contribution is 2.27. The molecule has 132 valence electrons. The number of ether oxygens (including phenoxy) is 1. The molecule has 0 atom stereocenters. The van der Waals surface area contributed by atoms with Gasteiger partial charge in [-0.15, -0.1) is 0 Å². The van der Waals surface area contributed by atoms with Crippen molar-refractivity contribution in [3.05, 3.63) is 46.7 Å². The molecular formula is C18H20N2O5. The van der Waals surface area contributed by atoms with Gasteiger partial charge in [0.25, 0.3) is 5.91 Å². The second-order valence-electron chi connectivity index (χ2n) is 5.46. The lowest BCUT2D eigenvalue weighted by molar-refractivity contribution is -0.115. The van der Waals surface area contributed by atoms with Gasteiger partial charge in [0.2, 0.25) is 11.8 Å². The molecule has 0 spiro atoms. The van der Waals surface area contributed by atoms with Crippen LogP contribution in [0.3, 0.4) is 0 Å². The lowest BCUT2D eigenvalue weighted by atomic mass is 10.1. The molecule has 0 saturated carbocycles. The van der Waals surface area contributed by atoms with Crippen LogP contribution in [0.15, 0.2) is 28.7 Å². The largest absolute Gasteiger partial charge is 0.494 e. The lowest BCUT2D eigenvalue weighted by Crippen LogP contribution is -2.20. The van der Waals surface area contributed by atoms with Crippen molar-refractivity contribution < 1.29 is 23.5 Å². The van der Waals surface area contributed by atoms with Crippen LogP contribution in [-0.4, -0.2) is 24.2 Å². The molecule has 0 aliphatic carbocycles. The summed E-state index contributed by atoms with van der Waals surface area (Å²) >= 11 is 0. The molecule has 2 amide bonds. The Morgan fingerprint density at radius 2 is 1.80 bits per heavy atom. The molecule has 1 aromatic heterocycles. The molecular weight excluding hydrogens is 324 g/mol. The molecule has 0 saturated heterocycles. The number of hydrogen-bond donors (Lipinski definition) is 2. The zero-order valence-electron chi connectivity index (χ0n) is 14.3. The van der Waals surface area contributed by atoms with Crippen LogP contribution >= 0.6 is 0 Å². The number of rotatable bonds is 7. The number of aryl methyl sites for hydroxylation is 1. The third kappa shape index (κ3) is 4.26. The summed E-state index contributed by atoms with van der Waals surface area (Å²) in [6.45, 7) is 5.28. The van der Waals surface area contributed by atoms with Crippen molar-refractivity contribution in [1.29, 1.82) is 0 Å². The molecule has 25 heavy (non-hydrogen) atoms. The monoisotopic (exact) mass is 344 g/mol. The first-order valence-corrected chi connectivity index (χ1v) is 7.79. The smallest absolute Gasteiger partial charge is 0.255 e. The van der Waals surface area contributed by atoms with Crippen molar-refractivity contribution >= 4 is 23.5 Å². The number of carbonyl (C=O) groups is 3. The Hall–Kier alpha value is -3.09. The Morgan fingerprint density at radius 3 is 2.32 bits per heavy atom. The first-order chi connectivity index (χ1) is 11.8. The zero-order chi connectivity index (χ0) is 18.6. The Balaban J connectivity index is 2.16. The third-order valence-electron chi connectivity index (χ3n) is 3.53. The molecule has 0 aliphatic heterocycles. The molecule has 0 radical (unpaired) electrons. The van der Waals surface area contributed by atoms with E-state index in [2.05, 4.69) is 5.32 Å². The maximum Gasteiger partial charge on any atom is 0.255 e. The number of hydrogen-bond acceptors (Lipinski definition) is 5. The van der Waals surface area contributed by atoms with E-state index in [1.807, 2.05) is 6.92 Å². The fourth-order valence-electron chi connectivity index (χ4n) is 2.52. The van der Waals surface area contributed by atoms with Gasteiger partial charge >= 0.3 is 0 Å². The molecule has 0 fully saturated rings. The number of carbonyl (C=O) groups excluding carboxylic acids is 3. The number of ketones is 1. The molecule has 7 nitrogen and oxygen atoms in total. The van der Waals surface area contributed by atoms with Gasteiger partial charge in [-0.25, -0.2) is 0 Å². The molecule has 0 aliphatic rings. The minimum absolute atomic E-state index is 0.0692. The van der Waals surface area contributed by atoms with E-state index in [0.717, 1.165) is 11.3 Å². The summed E-state index contributed by atoms with van der Waals surface area (Å²) in [7, 11) is 0. The quantitative estimate of drug-likeness (QED) is 0.749. The average molecular weight is 344 g/mol. The summed E-state index contributed by atoms with van der Waals surface area (Å²) in [6, 6.07) is 7.08. The number of benzene rings is 1. The normalized spacial score (nSPS) is 10.4. The first kappa shape index (κ1) is 18.3. The standard InChI is InChI=1S/C18H20N2O5/c1-4-24-13-7-5-12(6-8-13)9-14(22)20-18-16(17(19)23)15(10(2)21)11(3)25-18/h5-8H,4,9H2,1-3H3,(H2,19,23)(H,20,22). The second-order valence-corrected chi connectivity index (χ2v) is 5.46. The molecule has 1 heterocycles. The highest BCUT2D eigenvalue weighted by atomic mass is 16.5. The van der Waals surface area contributed by atoms with Crippen molar-refractivity contribution in [3.63, 3.8) is 0 Å². The summed E-state index contributed by atoms with van der Waals surface area (Å²) < 4.78 is 10.7. The minimum Gasteiger partial charge on any atom is -0.494 e. The van der Waals surface area contributed by atoms with E-state index >= 15 is 0 Å². The van der Waals surface area contributed by atoms with Crippen molar-refractivity contribution in [2.24, 2.45) is 5.73 Å². The van der Waals surface area contributed by atoms with E-state index in [1.54, 1.807) is 24.3 Å². The van der Waals surface area contributed by atoms with Crippen LogP contribution in [0.4, 0.5) is 5.88 Å². The van der Waals surface area contributed by atoms with E-state index < -0.39 is 11.8 Å². The van der Waals surface area contributed by atoms with Gasteiger partial charge in [-0.05, 0) is 38.5 Å². The van der Waals surface area contributed by atoms with Crippen LogP contribution in [0, 0.1) is 6.92 Å². The Labute approximate surface area is 145 Å². The highest BCUT2D eigenvalue weighted by Gasteiger charge is 2.26. The van der Waals surface area contributed by atoms with Crippen molar-refractivity contribution in [2.75, 3.05) is 11.9 Å². The van der Waals surface area contributed by atoms with Crippen LogP contribution in [-0.2, 0) is 11.2 Å². The van der Waals surface area contributed by atoms with E-state index in [0.29, 0.717) is 6.61 Å². The summed E-state index contributed by atoms with van der Waals surface area (Å²) in [4.78, 5) is 35.5. The first-order valence-electron chi connectivity index (χ1n) is 7.79. The lowest BCUT2D eigenvalue weighted by Gasteiger charge is -2.06. The number of anilines is 1. The van der Waals surface area contributed by atoms with E-state index in [9.17, 15) is 14.4 Å². The fraction of sp³-hybridized carbons (Fsp3) is 0.278. The van der Waals surface area contributed by atoms with Gasteiger partial charge in [0.15, 0.2) is 5.78 Å². The van der Waals surface area contributed by atoms with Crippen LogP contribution < -0.4 is 15.8 Å². The van der Waals surface area contributed by atoms with Crippen LogP contribution in [0.2, 0.25) is 0 Å². The molecule has 2 aromatic rings. The number of furan rings is 1. The molecule has 1 aromatic carbocycles. The van der Waals surface area contributed by atoms with Crippen molar-refractivity contribution in [2.45, 2.75) is 27.2 Å². The van der Waals surface area contributed by atoms with Crippen molar-refractivity contribution in [3.8, 4) is 5.75 Å². The van der Waals surface area contributed by atoms with Gasteiger partial charge in [-0.2, -0.15) is 0 Å². The van der Waals surface area contributed by atoms with E-state index in [1.165, 1.54) is 13.8 Å². The van der Waals surface area contributed by atoms with Crippen molar-refractivity contribution in [1.82, 2.24) is 0 Å². The molecule has 0 unspecified atom stereocenters. The summed E-state index contributed by atoms with van der Waals surface area (Å²) in [5.74, 6) is -0.741. The van der Waals surface area contributed by atoms with Crippen LogP contribution in [0.25, 0.3) is 0 Å². The Kier molecular flexibility index (Phi) is 5.59. The maximum absolute atomic E-state index is 12.2. The summed E-state index contributed by atoms with van der Waals surface area (Å²) in [6.07, 6.45) is 0.0692. The second kappa shape index (κ2) is 7.65. The number of nitrogens with two attached hydrogens (primary N) is 1. The number of amides is 2. The Morgan fingerprint density at radius 1 is 1.16 bits per heavy atom. The third-order valence-corrected chi connectivity index (χ3v) is 3.53. The summed E-state index contributed by atoms with van der Waals surface area (Å²) in [5, 5.41) is 2.51. The molecule has 7 heteroatoms. The van der Waals surface area contributed by atoms with Gasteiger partial charge in [0.1, 0.15) is 17.1 Å². The predicted octanol–water partition coefficient (Wildman–Crippen LogP) is 2.47. The van der Waals surface area contributed by atoms with Gasteiger partial charge in [-0.3, -0.25) is 19.7 Å². The molecule has 0 bridgehead atoms. The number of Topliss-reactive ketones (excluding diaryl/α,β-unsaturated/α-hetero) is 1. The van der Waals surface area contributed by atoms with Gasteiger partial charge in [0.05, 0.1) is 18.6 Å². The molecule has 3 N–H and O–H groups in total. The Bertz CT molecular complexity index is 806. The average Bonchev–Trinajstić information content (AvgIpc) is 2.85. The predicted molar refractivity (Wildman–Crippen MR) is 91.9 cm³/mol. The number of nitrogens with one attached hydrogen (secondary N) is 1. The summed E-state index contributed by atoms with van der Waals surface area (Å²) in [5.41, 5.74) is 6.06. The zero-order valence-corrected chi connectivity index (χ0v) is 14.3. The fourth-order valence-corrected chi connectivity index (χ4v) is 2.52. The van der Waals surface area contributed by atoms with Gasteiger partial charge in [-0.1, -0.05) is 12.1 Å². The van der Waals surface area contributed by atoms with Crippen LogP contribution in [0.1, 0.15) is 45.9 Å². The van der Waals surface area contributed by atoms with E-state index in [-0.39, 0.29) is 35.0 Å². The topological polar surface area (TPSA) is 112 Å². The van der Waals surface area contributed by atoms with Gasteiger partial charge < -0.3 is 14.9 Å². The maximum atomic E-state index is 12.2.